The molecule has 0 aliphatic carbocycles. The molecule has 172 valence electrons. The van der Waals surface area contributed by atoms with Gasteiger partial charge in [0.2, 0.25) is 5.88 Å². The van der Waals surface area contributed by atoms with E-state index in [9.17, 15) is 9.18 Å². The monoisotopic (exact) mass is 457 g/mol. The predicted molar refractivity (Wildman–Crippen MR) is 124 cm³/mol. The molecule has 4 aromatic rings. The largest absolute Gasteiger partial charge is 0.437 e. The molecule has 7 nitrogen and oxygen atoms in total. The number of amides is 1. The quantitative estimate of drug-likeness (QED) is 0.421. The number of hydrogen-bond acceptors (Lipinski definition) is 5. The van der Waals surface area contributed by atoms with Crippen LogP contribution in [-0.4, -0.2) is 43.4 Å². The van der Waals surface area contributed by atoms with Crippen LogP contribution >= 0.6 is 0 Å². The van der Waals surface area contributed by atoms with Crippen molar-refractivity contribution in [3.05, 3.63) is 102 Å². The topological polar surface area (TPSA) is 73.1 Å². The van der Waals surface area contributed by atoms with Crippen LogP contribution in [0, 0.1) is 5.82 Å². The van der Waals surface area contributed by atoms with E-state index < -0.39 is 0 Å². The zero-order valence-corrected chi connectivity index (χ0v) is 18.5. The molecule has 5 rings (SSSR count). The van der Waals surface area contributed by atoms with Gasteiger partial charge in [-0.15, -0.1) is 0 Å². The van der Waals surface area contributed by atoms with Gasteiger partial charge in [-0.3, -0.25) is 9.78 Å². The van der Waals surface area contributed by atoms with E-state index in [0.29, 0.717) is 42.5 Å². The first-order chi connectivity index (χ1) is 16.7. The molecule has 1 atom stereocenters. The number of carbonyl (C=O) groups excluding carboxylic acids is 1. The standard InChI is InChI=1S/C26H24FN5O2/c27-22-6-8-23(9-7-22)34-25-24(29-10-11-30-25)21-5-2-13-32(17-21)26(33)20-4-1-3-19(15-20)16-31-14-12-28-18-31/h1,3-4,6-12,14-15,18,21H,2,5,13,16-17H2/t21-/m1/s1. The van der Waals surface area contributed by atoms with Crippen LogP contribution in [0.25, 0.3) is 0 Å². The molecule has 0 saturated carbocycles. The van der Waals surface area contributed by atoms with Crippen LogP contribution in [0.5, 0.6) is 11.6 Å². The van der Waals surface area contributed by atoms with E-state index in [1.165, 1.54) is 12.1 Å². The maximum Gasteiger partial charge on any atom is 0.253 e. The maximum atomic E-state index is 13.3. The lowest BCUT2D eigenvalue weighted by molar-refractivity contribution is 0.0704. The molecule has 2 aromatic heterocycles. The first-order valence-corrected chi connectivity index (χ1v) is 11.2. The molecular formula is C26H24FN5O2. The van der Waals surface area contributed by atoms with Gasteiger partial charge in [-0.05, 0) is 54.8 Å². The number of imidazole rings is 1. The average Bonchev–Trinajstić information content (AvgIpc) is 3.39. The molecule has 0 radical (unpaired) electrons. The molecule has 1 aliphatic heterocycles. The highest BCUT2D eigenvalue weighted by Crippen LogP contribution is 2.33. The molecule has 1 saturated heterocycles. The highest BCUT2D eigenvalue weighted by Gasteiger charge is 2.29. The Morgan fingerprint density at radius 3 is 2.76 bits per heavy atom. The van der Waals surface area contributed by atoms with Crippen molar-refractivity contribution in [2.24, 2.45) is 0 Å². The molecule has 2 aromatic carbocycles. The minimum absolute atomic E-state index is 0.00192. The lowest BCUT2D eigenvalue weighted by atomic mass is 9.94. The van der Waals surface area contributed by atoms with Gasteiger partial charge in [-0.25, -0.2) is 14.4 Å². The Hall–Kier alpha value is -4.07. The SMILES string of the molecule is O=C(c1cccc(Cn2ccnc2)c1)N1CCC[C@@H](c2nccnc2Oc2ccc(F)cc2)C1. The van der Waals surface area contributed by atoms with Crippen molar-refractivity contribution in [1.29, 1.82) is 0 Å². The Kier molecular flexibility index (Phi) is 6.29. The molecule has 0 N–H and O–H groups in total. The molecule has 0 spiro atoms. The predicted octanol–water partition coefficient (Wildman–Crippen LogP) is 4.67. The van der Waals surface area contributed by atoms with E-state index in [0.717, 1.165) is 18.4 Å². The van der Waals surface area contributed by atoms with Crippen LogP contribution in [0.2, 0.25) is 0 Å². The van der Waals surface area contributed by atoms with E-state index in [-0.39, 0.29) is 17.6 Å². The van der Waals surface area contributed by atoms with Crippen molar-refractivity contribution in [1.82, 2.24) is 24.4 Å². The second-order valence-electron chi connectivity index (χ2n) is 8.33. The second-order valence-corrected chi connectivity index (χ2v) is 8.33. The summed E-state index contributed by atoms with van der Waals surface area (Å²) >= 11 is 0. The number of halogens is 1. The third-order valence-electron chi connectivity index (χ3n) is 5.91. The number of aromatic nitrogens is 4. The number of nitrogens with zero attached hydrogens (tertiary/aromatic N) is 5. The van der Waals surface area contributed by atoms with E-state index in [1.54, 1.807) is 37.1 Å². The minimum atomic E-state index is -0.331. The van der Waals surface area contributed by atoms with Crippen LogP contribution in [-0.2, 0) is 6.54 Å². The highest BCUT2D eigenvalue weighted by molar-refractivity contribution is 5.94. The molecule has 1 aliphatic rings. The molecule has 0 unspecified atom stereocenters. The van der Waals surface area contributed by atoms with Crippen molar-refractivity contribution >= 4 is 5.91 Å². The summed E-state index contributed by atoms with van der Waals surface area (Å²) < 4.78 is 21.1. The van der Waals surface area contributed by atoms with Crippen LogP contribution in [0.15, 0.2) is 79.6 Å². The molecule has 3 heterocycles. The maximum absolute atomic E-state index is 13.3. The lowest BCUT2D eigenvalue weighted by Crippen LogP contribution is -2.39. The zero-order chi connectivity index (χ0) is 23.3. The van der Waals surface area contributed by atoms with Gasteiger partial charge in [0.05, 0.1) is 6.33 Å². The number of carbonyl (C=O) groups is 1. The third-order valence-corrected chi connectivity index (χ3v) is 5.91. The minimum Gasteiger partial charge on any atom is -0.437 e. The lowest BCUT2D eigenvalue weighted by Gasteiger charge is -2.33. The zero-order valence-electron chi connectivity index (χ0n) is 18.5. The van der Waals surface area contributed by atoms with E-state index in [4.69, 9.17) is 4.74 Å². The normalized spacial score (nSPS) is 15.8. The number of rotatable bonds is 6. The van der Waals surface area contributed by atoms with Crippen molar-refractivity contribution in [3.63, 3.8) is 0 Å². The van der Waals surface area contributed by atoms with Gasteiger partial charge >= 0.3 is 0 Å². The van der Waals surface area contributed by atoms with Crippen molar-refractivity contribution in [2.75, 3.05) is 13.1 Å². The van der Waals surface area contributed by atoms with Crippen LogP contribution in [0.3, 0.4) is 0 Å². The fourth-order valence-electron chi connectivity index (χ4n) is 4.27. The molecule has 1 fully saturated rings. The highest BCUT2D eigenvalue weighted by atomic mass is 19.1. The summed E-state index contributed by atoms with van der Waals surface area (Å²) in [6, 6.07) is 13.5. The van der Waals surface area contributed by atoms with Gasteiger partial charge in [-0.2, -0.15) is 0 Å². The second kappa shape index (κ2) is 9.82. The number of likely N-dealkylation sites (tertiary alicyclic amines) is 1. The Bertz CT molecular complexity index is 1260. The summed E-state index contributed by atoms with van der Waals surface area (Å²) in [5.41, 5.74) is 2.42. The first kappa shape index (κ1) is 21.8. The number of ether oxygens (including phenoxy) is 1. The first-order valence-electron chi connectivity index (χ1n) is 11.2. The molecule has 0 bridgehead atoms. The summed E-state index contributed by atoms with van der Waals surface area (Å²) in [5, 5.41) is 0. The number of hydrogen-bond donors (Lipinski definition) is 0. The molecular weight excluding hydrogens is 433 g/mol. The summed E-state index contributed by atoms with van der Waals surface area (Å²) in [7, 11) is 0. The Labute approximate surface area is 196 Å². The van der Waals surface area contributed by atoms with Gasteiger partial charge in [0.15, 0.2) is 0 Å². The van der Waals surface area contributed by atoms with E-state index in [1.807, 2.05) is 39.9 Å². The third kappa shape index (κ3) is 4.96. The Morgan fingerprint density at radius 1 is 1.09 bits per heavy atom. The van der Waals surface area contributed by atoms with E-state index in [2.05, 4.69) is 15.0 Å². The summed E-state index contributed by atoms with van der Waals surface area (Å²) in [4.78, 5) is 28.2. The number of benzene rings is 2. The van der Waals surface area contributed by atoms with Gasteiger partial charge < -0.3 is 14.2 Å². The van der Waals surface area contributed by atoms with Crippen molar-refractivity contribution < 1.29 is 13.9 Å². The van der Waals surface area contributed by atoms with Gasteiger partial charge in [0.1, 0.15) is 17.3 Å². The average molecular weight is 458 g/mol. The fraction of sp³-hybridized carbons (Fsp3) is 0.231. The van der Waals surface area contributed by atoms with Crippen LogP contribution in [0.1, 0.15) is 40.4 Å². The van der Waals surface area contributed by atoms with Crippen LogP contribution < -0.4 is 4.74 Å². The van der Waals surface area contributed by atoms with Crippen LogP contribution in [0.4, 0.5) is 4.39 Å². The smallest absolute Gasteiger partial charge is 0.253 e. The van der Waals surface area contributed by atoms with Gasteiger partial charge in [-0.1, -0.05) is 12.1 Å². The Balaban J connectivity index is 1.32. The summed E-state index contributed by atoms with van der Waals surface area (Å²) in [6.45, 7) is 1.88. The fourth-order valence-corrected chi connectivity index (χ4v) is 4.27. The summed E-state index contributed by atoms with van der Waals surface area (Å²) in [5.74, 6) is 0.539. The van der Waals surface area contributed by atoms with Gasteiger partial charge in [0.25, 0.3) is 5.91 Å². The van der Waals surface area contributed by atoms with E-state index >= 15 is 0 Å². The molecule has 1 amide bonds. The van der Waals surface area contributed by atoms with Crippen molar-refractivity contribution in [2.45, 2.75) is 25.3 Å². The molecule has 34 heavy (non-hydrogen) atoms. The molecule has 8 heteroatoms. The van der Waals surface area contributed by atoms with Gasteiger partial charge in [0, 0.05) is 55.9 Å². The number of piperidine rings is 1. The summed E-state index contributed by atoms with van der Waals surface area (Å²) in [6.07, 6.45) is 10.3. The van der Waals surface area contributed by atoms with Crippen molar-refractivity contribution in [3.8, 4) is 11.6 Å². The Morgan fingerprint density at radius 2 is 1.94 bits per heavy atom.